The number of aromatic carboxylic acids is 1. The molecule has 4 aromatic rings. The molecule has 3 N–H and O–H groups in total. The fourth-order valence-electron chi connectivity index (χ4n) is 5.40. The SMILES string of the molecule is CCC(Sc1cccc(NC(=O)c2c(Cl)c(Cl)c(Cl)c(Cl)c2C(=O)O)c1)C(=O)Nc1sc2c(c1C(=O)OC)CCN(Cc1ccccc1)C2. The minimum Gasteiger partial charge on any atom is -0.478 e. The topological polar surface area (TPSA) is 125 Å². The van der Waals surface area contributed by atoms with Crippen LogP contribution in [0.15, 0.2) is 59.5 Å². The molecule has 0 fully saturated rings. The lowest BCUT2D eigenvalue weighted by Crippen LogP contribution is -2.30. The number of fused-ring (bicyclic) bond motifs is 1. The molecule has 1 atom stereocenters. The van der Waals surface area contributed by atoms with E-state index < -0.39 is 39.2 Å². The molecule has 0 radical (unpaired) electrons. The first-order valence-corrected chi connectivity index (χ1v) is 18.1. The van der Waals surface area contributed by atoms with Gasteiger partial charge in [-0.15, -0.1) is 23.1 Å². The fraction of sp³-hybridized carbons (Fsp3) is 0.235. The van der Waals surface area contributed by atoms with Gasteiger partial charge in [0, 0.05) is 35.1 Å². The number of rotatable bonds is 11. The minimum absolute atomic E-state index is 0.254. The third kappa shape index (κ3) is 8.20. The summed E-state index contributed by atoms with van der Waals surface area (Å²) in [6.07, 6.45) is 1.10. The summed E-state index contributed by atoms with van der Waals surface area (Å²) in [7, 11) is 1.32. The van der Waals surface area contributed by atoms with Crippen LogP contribution in [0.4, 0.5) is 10.7 Å². The Kier molecular flexibility index (Phi) is 12.2. The van der Waals surface area contributed by atoms with Crippen LogP contribution in [0.25, 0.3) is 0 Å². The van der Waals surface area contributed by atoms with Crippen LogP contribution in [0.1, 0.15) is 60.4 Å². The first kappa shape index (κ1) is 37.0. The number of ether oxygens (including phenoxy) is 1. The number of methoxy groups -OCH3 is 1. The van der Waals surface area contributed by atoms with E-state index in [-0.39, 0.29) is 21.0 Å². The summed E-state index contributed by atoms with van der Waals surface area (Å²) in [4.78, 5) is 55.7. The molecule has 1 unspecified atom stereocenters. The molecule has 2 heterocycles. The Labute approximate surface area is 310 Å². The summed E-state index contributed by atoms with van der Waals surface area (Å²) < 4.78 is 5.11. The number of hydrogen-bond donors (Lipinski definition) is 3. The largest absolute Gasteiger partial charge is 0.478 e. The number of carboxylic acid groups (broad SMARTS) is 1. The second-order valence-electron chi connectivity index (χ2n) is 10.9. The summed E-state index contributed by atoms with van der Waals surface area (Å²) in [6, 6.07) is 16.8. The third-order valence-corrected chi connectivity index (χ3v) is 12.0. The Bertz CT molecular complexity index is 1940. The highest BCUT2D eigenvalue weighted by atomic mass is 35.5. The zero-order valence-electron chi connectivity index (χ0n) is 26.1. The summed E-state index contributed by atoms with van der Waals surface area (Å²) in [5, 5.41) is 13.9. The predicted molar refractivity (Wildman–Crippen MR) is 196 cm³/mol. The van der Waals surface area contributed by atoms with E-state index in [1.165, 1.54) is 35.8 Å². The number of thiophene rings is 1. The minimum atomic E-state index is -1.51. The van der Waals surface area contributed by atoms with Gasteiger partial charge in [0.1, 0.15) is 5.00 Å². The molecular formula is C34H29Cl4N3O6S2. The number of nitrogens with zero attached hydrogens (tertiary/aromatic N) is 1. The number of amides is 2. The van der Waals surface area contributed by atoms with Gasteiger partial charge in [0.25, 0.3) is 5.91 Å². The molecule has 3 aromatic carbocycles. The highest BCUT2D eigenvalue weighted by Crippen LogP contribution is 2.42. The molecule has 2 amide bonds. The molecule has 0 aliphatic carbocycles. The van der Waals surface area contributed by atoms with E-state index in [0.29, 0.717) is 40.5 Å². The van der Waals surface area contributed by atoms with E-state index in [0.717, 1.165) is 23.5 Å². The predicted octanol–water partition coefficient (Wildman–Crippen LogP) is 9.17. The van der Waals surface area contributed by atoms with Gasteiger partial charge in [0.05, 0.1) is 49.1 Å². The quantitative estimate of drug-likeness (QED) is 0.0596. The van der Waals surface area contributed by atoms with E-state index in [2.05, 4.69) is 27.7 Å². The van der Waals surface area contributed by atoms with Gasteiger partial charge in [-0.3, -0.25) is 14.5 Å². The lowest BCUT2D eigenvalue weighted by Gasteiger charge is -2.27. The van der Waals surface area contributed by atoms with Crippen LogP contribution in [0.2, 0.25) is 20.1 Å². The van der Waals surface area contributed by atoms with Gasteiger partial charge in [-0.1, -0.05) is 89.7 Å². The molecule has 0 bridgehead atoms. The van der Waals surface area contributed by atoms with Crippen molar-refractivity contribution in [3.05, 3.63) is 107 Å². The Morgan fingerprint density at radius 1 is 0.939 bits per heavy atom. The van der Waals surface area contributed by atoms with E-state index in [1.54, 1.807) is 24.3 Å². The first-order valence-electron chi connectivity index (χ1n) is 14.9. The van der Waals surface area contributed by atoms with Crippen molar-refractivity contribution < 1.29 is 29.0 Å². The average molecular weight is 782 g/mol. The Balaban J connectivity index is 1.32. The number of carbonyl (C=O) groups excluding carboxylic acids is 3. The maximum absolute atomic E-state index is 13.6. The standard InChI is InChI=1S/C34H29Cl4N3O6S2/c1-3-21(48-19-11-7-10-18(14-19)39-31(43)24-25(33(44)45)27(36)29(38)28(37)26(24)35)30(42)40-32-23(34(46)47-2)20-12-13-41(16-22(20)49-32)15-17-8-5-4-6-9-17/h4-11,14,21H,3,12-13,15-16H2,1-2H3,(H,39,43)(H,40,42)(H,44,45). The normalized spacial score (nSPS) is 13.3. The van der Waals surface area contributed by atoms with Crippen molar-refractivity contribution in [3.63, 3.8) is 0 Å². The average Bonchev–Trinajstić information content (AvgIpc) is 3.44. The molecule has 49 heavy (non-hydrogen) atoms. The summed E-state index contributed by atoms with van der Waals surface area (Å²) in [5.41, 5.74) is 1.76. The fourth-order valence-corrected chi connectivity index (χ4v) is 8.72. The van der Waals surface area contributed by atoms with Crippen LogP contribution in [0.3, 0.4) is 0 Å². The number of esters is 1. The van der Waals surface area contributed by atoms with Crippen molar-refractivity contribution in [3.8, 4) is 0 Å². The van der Waals surface area contributed by atoms with Crippen molar-refractivity contribution in [2.45, 2.75) is 43.0 Å². The second-order valence-corrected chi connectivity index (χ2v) is 14.8. The van der Waals surface area contributed by atoms with E-state index >= 15 is 0 Å². The molecule has 256 valence electrons. The lowest BCUT2D eigenvalue weighted by atomic mass is 10.0. The molecule has 15 heteroatoms. The van der Waals surface area contributed by atoms with Crippen molar-refractivity contribution in [1.82, 2.24) is 4.90 Å². The summed E-state index contributed by atoms with van der Waals surface area (Å²) in [6.45, 7) is 4.05. The Hall–Kier alpha value is -3.29. The number of halogens is 4. The van der Waals surface area contributed by atoms with Crippen LogP contribution in [-0.2, 0) is 29.0 Å². The molecule has 1 aromatic heterocycles. The summed E-state index contributed by atoms with van der Waals surface area (Å²) in [5.74, 6) is -3.17. The Morgan fingerprint density at radius 3 is 2.29 bits per heavy atom. The molecule has 0 spiro atoms. The zero-order valence-corrected chi connectivity index (χ0v) is 30.7. The monoisotopic (exact) mass is 779 g/mol. The molecule has 0 saturated carbocycles. The van der Waals surface area contributed by atoms with Gasteiger partial charge in [-0.25, -0.2) is 9.59 Å². The highest BCUT2D eigenvalue weighted by molar-refractivity contribution is 8.00. The number of carbonyl (C=O) groups is 4. The second kappa shape index (κ2) is 16.2. The van der Waals surface area contributed by atoms with Gasteiger partial charge in [0.2, 0.25) is 5.91 Å². The van der Waals surface area contributed by atoms with Gasteiger partial charge in [0.15, 0.2) is 0 Å². The number of hydrogen-bond acceptors (Lipinski definition) is 8. The van der Waals surface area contributed by atoms with E-state index in [4.69, 9.17) is 51.1 Å². The smallest absolute Gasteiger partial charge is 0.341 e. The van der Waals surface area contributed by atoms with Gasteiger partial charge >= 0.3 is 11.9 Å². The zero-order chi connectivity index (χ0) is 35.4. The van der Waals surface area contributed by atoms with Crippen molar-refractivity contribution in [2.24, 2.45) is 0 Å². The molecule has 5 rings (SSSR count). The van der Waals surface area contributed by atoms with Crippen molar-refractivity contribution in [1.29, 1.82) is 0 Å². The number of carboxylic acids is 1. The molecule has 1 aliphatic heterocycles. The van der Waals surface area contributed by atoms with Crippen molar-refractivity contribution in [2.75, 3.05) is 24.3 Å². The first-order chi connectivity index (χ1) is 23.4. The highest BCUT2D eigenvalue weighted by Gasteiger charge is 2.31. The van der Waals surface area contributed by atoms with Gasteiger partial charge in [-0.2, -0.15) is 0 Å². The van der Waals surface area contributed by atoms with E-state index in [9.17, 15) is 24.3 Å². The van der Waals surface area contributed by atoms with Crippen molar-refractivity contribution >= 4 is 104 Å². The number of anilines is 2. The van der Waals surface area contributed by atoms with Crippen LogP contribution in [0, 0.1) is 0 Å². The number of thioether (sulfide) groups is 1. The number of nitrogens with one attached hydrogen (secondary N) is 2. The molecule has 9 nitrogen and oxygen atoms in total. The third-order valence-electron chi connectivity index (χ3n) is 7.75. The number of benzene rings is 3. The van der Waals surface area contributed by atoms with Crippen LogP contribution in [0.5, 0.6) is 0 Å². The van der Waals surface area contributed by atoms with Crippen LogP contribution in [-0.4, -0.2) is 52.7 Å². The summed E-state index contributed by atoms with van der Waals surface area (Å²) >= 11 is 27.1. The maximum Gasteiger partial charge on any atom is 0.341 e. The molecule has 0 saturated heterocycles. The Morgan fingerprint density at radius 2 is 1.63 bits per heavy atom. The maximum atomic E-state index is 13.6. The van der Waals surface area contributed by atoms with Gasteiger partial charge < -0.3 is 20.5 Å². The lowest BCUT2D eigenvalue weighted by molar-refractivity contribution is -0.115. The van der Waals surface area contributed by atoms with Gasteiger partial charge in [-0.05, 0) is 42.2 Å². The molecule has 1 aliphatic rings. The molecular weight excluding hydrogens is 752 g/mol. The van der Waals surface area contributed by atoms with Crippen LogP contribution < -0.4 is 10.6 Å². The van der Waals surface area contributed by atoms with Crippen LogP contribution >= 0.6 is 69.5 Å². The van der Waals surface area contributed by atoms with E-state index in [1.807, 2.05) is 25.1 Å².